The summed E-state index contributed by atoms with van der Waals surface area (Å²) < 4.78 is 38.1. The van der Waals surface area contributed by atoms with E-state index in [2.05, 4.69) is 0 Å². The SMILES string of the molecule is Cc1ccc(S(=O)(=O)N(CCO)C[C@H]2OC(C)(C)O[C@H]2CO)cc1. The molecule has 7 nitrogen and oxygen atoms in total. The summed E-state index contributed by atoms with van der Waals surface area (Å²) in [5.41, 5.74) is 0.956. The topological polar surface area (TPSA) is 96.3 Å². The molecular weight excluding hydrogens is 334 g/mol. The fourth-order valence-electron chi connectivity index (χ4n) is 2.70. The third-order valence-corrected chi connectivity index (χ3v) is 5.74. The Hall–Kier alpha value is -1.03. The number of benzene rings is 1. The molecule has 2 N–H and O–H groups in total. The second-order valence-corrected chi connectivity index (χ2v) is 8.23. The lowest BCUT2D eigenvalue weighted by Gasteiger charge is -2.26. The van der Waals surface area contributed by atoms with Crippen molar-refractivity contribution in [1.29, 1.82) is 0 Å². The third-order valence-electron chi connectivity index (χ3n) is 3.86. The van der Waals surface area contributed by atoms with Gasteiger partial charge in [0.15, 0.2) is 5.79 Å². The predicted molar refractivity (Wildman–Crippen MR) is 87.9 cm³/mol. The molecule has 1 aromatic carbocycles. The van der Waals surface area contributed by atoms with Crippen molar-refractivity contribution in [3.05, 3.63) is 29.8 Å². The average Bonchev–Trinajstić information content (AvgIpc) is 2.81. The molecule has 24 heavy (non-hydrogen) atoms. The highest BCUT2D eigenvalue weighted by Crippen LogP contribution is 2.29. The van der Waals surface area contributed by atoms with E-state index in [9.17, 15) is 18.6 Å². The Labute approximate surface area is 142 Å². The second-order valence-electron chi connectivity index (χ2n) is 6.29. The standard InChI is InChI=1S/C16H25NO6S/c1-12-4-6-13(7-5-12)24(20,21)17(8-9-18)10-14-15(11-19)23-16(2,3)22-14/h4-7,14-15,18-19H,8-11H2,1-3H3/t14-,15+/m1/s1. The van der Waals surface area contributed by atoms with Gasteiger partial charge in [0.1, 0.15) is 12.2 Å². The minimum Gasteiger partial charge on any atom is -0.395 e. The maximum atomic E-state index is 12.8. The second kappa shape index (κ2) is 7.47. The molecule has 1 fully saturated rings. The van der Waals surface area contributed by atoms with Crippen molar-refractivity contribution in [3.63, 3.8) is 0 Å². The van der Waals surface area contributed by atoms with Gasteiger partial charge in [-0.25, -0.2) is 8.42 Å². The van der Waals surface area contributed by atoms with Gasteiger partial charge in [-0.2, -0.15) is 4.31 Å². The predicted octanol–water partition coefficient (Wildman–Crippen LogP) is 0.490. The van der Waals surface area contributed by atoms with Crippen LogP contribution in [0.3, 0.4) is 0 Å². The number of sulfonamides is 1. The zero-order chi connectivity index (χ0) is 18.0. The lowest BCUT2D eigenvalue weighted by atomic mass is 10.2. The van der Waals surface area contributed by atoms with Crippen LogP contribution in [0.15, 0.2) is 29.2 Å². The van der Waals surface area contributed by atoms with E-state index in [1.807, 2.05) is 6.92 Å². The first-order valence-corrected chi connectivity index (χ1v) is 9.28. The number of hydrogen-bond donors (Lipinski definition) is 2. The zero-order valence-electron chi connectivity index (χ0n) is 14.2. The van der Waals surface area contributed by atoms with Gasteiger partial charge in [-0.05, 0) is 32.9 Å². The van der Waals surface area contributed by atoms with Crippen molar-refractivity contribution in [2.24, 2.45) is 0 Å². The lowest BCUT2D eigenvalue weighted by Crippen LogP contribution is -2.43. The van der Waals surface area contributed by atoms with Gasteiger partial charge in [0.05, 0.1) is 18.1 Å². The first-order chi connectivity index (χ1) is 11.2. The van der Waals surface area contributed by atoms with E-state index in [4.69, 9.17) is 9.47 Å². The van der Waals surface area contributed by atoms with Crippen LogP contribution in [-0.2, 0) is 19.5 Å². The molecule has 2 atom stereocenters. The molecular formula is C16H25NO6S. The number of rotatable bonds is 7. The quantitative estimate of drug-likeness (QED) is 0.736. The zero-order valence-corrected chi connectivity index (χ0v) is 15.0. The number of aliphatic hydroxyl groups is 2. The summed E-state index contributed by atoms with van der Waals surface area (Å²) in [4.78, 5) is 0.153. The van der Waals surface area contributed by atoms with Gasteiger partial charge < -0.3 is 19.7 Å². The van der Waals surface area contributed by atoms with Gasteiger partial charge in [0.25, 0.3) is 0 Å². The molecule has 1 heterocycles. The molecule has 0 bridgehead atoms. The van der Waals surface area contributed by atoms with Crippen molar-refractivity contribution in [1.82, 2.24) is 4.31 Å². The van der Waals surface area contributed by atoms with Crippen LogP contribution in [0.4, 0.5) is 0 Å². The fraction of sp³-hybridized carbons (Fsp3) is 0.625. The molecule has 0 aliphatic carbocycles. The first-order valence-electron chi connectivity index (χ1n) is 7.84. The monoisotopic (exact) mass is 359 g/mol. The largest absolute Gasteiger partial charge is 0.395 e. The van der Waals surface area contributed by atoms with Gasteiger partial charge in [0, 0.05) is 13.1 Å². The van der Waals surface area contributed by atoms with E-state index in [0.29, 0.717) is 0 Å². The summed E-state index contributed by atoms with van der Waals surface area (Å²) in [5, 5.41) is 18.7. The minimum absolute atomic E-state index is 0.00851. The molecule has 136 valence electrons. The summed E-state index contributed by atoms with van der Waals surface area (Å²) in [6.45, 7) is 4.64. The Bertz CT molecular complexity index is 643. The Kier molecular flexibility index (Phi) is 6.00. The Balaban J connectivity index is 2.24. The molecule has 1 aliphatic rings. The maximum Gasteiger partial charge on any atom is 0.243 e. The molecule has 1 aliphatic heterocycles. The summed E-state index contributed by atoms with van der Waals surface area (Å²) in [5.74, 6) is -0.892. The molecule has 0 amide bonds. The smallest absolute Gasteiger partial charge is 0.243 e. The highest BCUT2D eigenvalue weighted by atomic mass is 32.2. The Morgan fingerprint density at radius 3 is 2.25 bits per heavy atom. The molecule has 0 unspecified atom stereocenters. The van der Waals surface area contributed by atoms with Crippen molar-refractivity contribution in [2.75, 3.05) is 26.3 Å². The summed E-state index contributed by atoms with van der Waals surface area (Å²) in [6, 6.07) is 6.51. The molecule has 0 saturated carbocycles. The normalized spacial score (nSPS) is 23.8. The molecule has 1 aromatic rings. The van der Waals surface area contributed by atoms with Crippen LogP contribution in [0, 0.1) is 6.92 Å². The van der Waals surface area contributed by atoms with Crippen LogP contribution in [0.25, 0.3) is 0 Å². The van der Waals surface area contributed by atoms with Gasteiger partial charge >= 0.3 is 0 Å². The molecule has 0 radical (unpaired) electrons. The lowest BCUT2D eigenvalue weighted by molar-refractivity contribution is -0.149. The van der Waals surface area contributed by atoms with E-state index >= 15 is 0 Å². The van der Waals surface area contributed by atoms with Gasteiger partial charge in [-0.15, -0.1) is 0 Å². The van der Waals surface area contributed by atoms with Crippen molar-refractivity contribution in [2.45, 2.75) is 43.7 Å². The molecule has 0 spiro atoms. The number of nitrogens with zero attached hydrogens (tertiary/aromatic N) is 1. The summed E-state index contributed by atoms with van der Waals surface area (Å²) >= 11 is 0. The minimum atomic E-state index is -3.78. The summed E-state index contributed by atoms with van der Waals surface area (Å²) in [6.07, 6.45) is -1.23. The van der Waals surface area contributed by atoms with Crippen LogP contribution in [0.2, 0.25) is 0 Å². The Morgan fingerprint density at radius 2 is 1.71 bits per heavy atom. The van der Waals surface area contributed by atoms with Crippen LogP contribution in [0.5, 0.6) is 0 Å². The average molecular weight is 359 g/mol. The highest BCUT2D eigenvalue weighted by Gasteiger charge is 2.43. The van der Waals surface area contributed by atoms with Gasteiger partial charge in [-0.3, -0.25) is 0 Å². The molecule has 1 saturated heterocycles. The maximum absolute atomic E-state index is 12.8. The van der Waals surface area contributed by atoms with Crippen LogP contribution in [-0.4, -0.2) is 67.2 Å². The van der Waals surface area contributed by atoms with Crippen molar-refractivity contribution < 1.29 is 28.1 Å². The molecule has 8 heteroatoms. The van der Waals surface area contributed by atoms with Crippen LogP contribution >= 0.6 is 0 Å². The number of ether oxygens (including phenoxy) is 2. The first kappa shape index (κ1) is 19.3. The highest BCUT2D eigenvalue weighted by molar-refractivity contribution is 7.89. The van der Waals surface area contributed by atoms with Gasteiger partial charge in [-0.1, -0.05) is 17.7 Å². The number of aryl methyl sites for hydroxylation is 1. The number of hydrogen-bond acceptors (Lipinski definition) is 6. The van der Waals surface area contributed by atoms with Crippen LogP contribution < -0.4 is 0 Å². The third kappa shape index (κ3) is 4.33. The van der Waals surface area contributed by atoms with E-state index in [1.165, 1.54) is 12.1 Å². The Morgan fingerprint density at radius 1 is 1.12 bits per heavy atom. The van der Waals surface area contributed by atoms with E-state index in [0.717, 1.165) is 9.87 Å². The van der Waals surface area contributed by atoms with Crippen LogP contribution in [0.1, 0.15) is 19.4 Å². The van der Waals surface area contributed by atoms with E-state index in [-0.39, 0.29) is 31.2 Å². The van der Waals surface area contributed by atoms with E-state index in [1.54, 1.807) is 26.0 Å². The summed E-state index contributed by atoms with van der Waals surface area (Å²) in [7, 11) is -3.78. The van der Waals surface area contributed by atoms with Crippen molar-refractivity contribution >= 4 is 10.0 Å². The van der Waals surface area contributed by atoms with E-state index < -0.39 is 28.0 Å². The number of aliphatic hydroxyl groups excluding tert-OH is 2. The fourth-order valence-corrected chi connectivity index (χ4v) is 4.14. The van der Waals surface area contributed by atoms with Gasteiger partial charge in [0.2, 0.25) is 10.0 Å². The molecule has 0 aromatic heterocycles. The molecule has 2 rings (SSSR count). The van der Waals surface area contributed by atoms with Crippen molar-refractivity contribution in [3.8, 4) is 0 Å².